The molecule has 0 bridgehead atoms. The fourth-order valence-corrected chi connectivity index (χ4v) is 1.23. The van der Waals surface area contributed by atoms with Gasteiger partial charge < -0.3 is 5.32 Å². The molecule has 0 saturated heterocycles. The number of aromatic nitrogens is 2. The Balaban J connectivity index is 2.69. The average molecular weight is 179 g/mol. The van der Waals surface area contributed by atoms with Crippen LogP contribution >= 0.6 is 0 Å². The average Bonchev–Trinajstić information content (AvgIpc) is 2.16. The van der Waals surface area contributed by atoms with E-state index >= 15 is 0 Å². The van der Waals surface area contributed by atoms with E-state index in [9.17, 15) is 0 Å². The fraction of sp³-hybridized carbons (Fsp3) is 0.600. The van der Waals surface area contributed by atoms with Crippen LogP contribution in [0.25, 0.3) is 0 Å². The van der Waals surface area contributed by atoms with Crippen LogP contribution in [-0.4, -0.2) is 23.6 Å². The molecule has 0 aliphatic rings. The molecular formula is C10H17N3. The van der Waals surface area contributed by atoms with Gasteiger partial charge in [-0.3, -0.25) is 0 Å². The number of hydrogen-bond donors (Lipinski definition) is 1. The summed E-state index contributed by atoms with van der Waals surface area (Å²) in [5, 5.41) is 3.15. The van der Waals surface area contributed by atoms with Gasteiger partial charge in [0.15, 0.2) is 0 Å². The predicted molar refractivity (Wildman–Crippen MR) is 53.6 cm³/mol. The summed E-state index contributed by atoms with van der Waals surface area (Å²) in [5.41, 5.74) is 1.36. The molecule has 0 saturated carbocycles. The second-order valence-electron chi connectivity index (χ2n) is 3.86. The zero-order valence-corrected chi connectivity index (χ0v) is 8.54. The molecule has 1 aromatic heterocycles. The molecule has 1 aromatic rings. The Morgan fingerprint density at radius 2 is 1.92 bits per heavy atom. The van der Waals surface area contributed by atoms with Crippen molar-refractivity contribution >= 4 is 0 Å². The standard InChI is InChI=1S/C10H17N3/c1-10(2,4-5-11-3)9-6-12-8-13-7-9/h6-8,11H,4-5H2,1-3H3. The van der Waals surface area contributed by atoms with Crippen molar-refractivity contribution in [1.29, 1.82) is 0 Å². The predicted octanol–water partition coefficient (Wildman–Crippen LogP) is 1.36. The molecular weight excluding hydrogens is 162 g/mol. The van der Waals surface area contributed by atoms with Crippen LogP contribution < -0.4 is 5.32 Å². The number of nitrogens with zero attached hydrogens (tertiary/aromatic N) is 2. The Bertz CT molecular complexity index is 244. The lowest BCUT2D eigenvalue weighted by Gasteiger charge is -2.23. The highest BCUT2D eigenvalue weighted by Crippen LogP contribution is 2.24. The Morgan fingerprint density at radius 3 is 2.46 bits per heavy atom. The highest BCUT2D eigenvalue weighted by atomic mass is 14.8. The lowest BCUT2D eigenvalue weighted by atomic mass is 9.83. The smallest absolute Gasteiger partial charge is 0.115 e. The molecule has 0 unspecified atom stereocenters. The third kappa shape index (κ3) is 2.77. The lowest BCUT2D eigenvalue weighted by molar-refractivity contribution is 0.465. The summed E-state index contributed by atoms with van der Waals surface area (Å²) in [4.78, 5) is 8.06. The molecule has 3 nitrogen and oxygen atoms in total. The van der Waals surface area contributed by atoms with Gasteiger partial charge in [-0.05, 0) is 31.0 Å². The van der Waals surface area contributed by atoms with Crippen LogP contribution in [0.4, 0.5) is 0 Å². The van der Waals surface area contributed by atoms with Gasteiger partial charge in [0.2, 0.25) is 0 Å². The molecule has 0 fully saturated rings. The van der Waals surface area contributed by atoms with E-state index in [0.717, 1.165) is 13.0 Å². The maximum atomic E-state index is 4.03. The van der Waals surface area contributed by atoms with Gasteiger partial charge in [0.1, 0.15) is 6.33 Å². The SMILES string of the molecule is CNCCC(C)(C)c1cncnc1. The van der Waals surface area contributed by atoms with Gasteiger partial charge in [-0.2, -0.15) is 0 Å². The number of hydrogen-bond acceptors (Lipinski definition) is 3. The van der Waals surface area contributed by atoms with Gasteiger partial charge in [0.05, 0.1) is 0 Å². The summed E-state index contributed by atoms with van der Waals surface area (Å²) >= 11 is 0. The second-order valence-corrected chi connectivity index (χ2v) is 3.86. The van der Waals surface area contributed by atoms with Crippen molar-refractivity contribution in [2.45, 2.75) is 25.7 Å². The van der Waals surface area contributed by atoms with Crippen molar-refractivity contribution in [3.63, 3.8) is 0 Å². The monoisotopic (exact) mass is 179 g/mol. The van der Waals surface area contributed by atoms with Crippen LogP contribution in [0.15, 0.2) is 18.7 Å². The minimum atomic E-state index is 0.157. The Kier molecular flexibility index (Phi) is 3.37. The summed E-state index contributed by atoms with van der Waals surface area (Å²) < 4.78 is 0. The van der Waals surface area contributed by atoms with Crippen LogP contribution in [0.3, 0.4) is 0 Å². The summed E-state index contributed by atoms with van der Waals surface area (Å²) in [6.07, 6.45) is 6.44. The molecule has 0 aliphatic heterocycles. The quantitative estimate of drug-likeness (QED) is 0.758. The molecule has 1 heterocycles. The molecule has 72 valence electrons. The van der Waals surface area contributed by atoms with E-state index in [1.807, 2.05) is 19.4 Å². The minimum Gasteiger partial charge on any atom is -0.320 e. The van der Waals surface area contributed by atoms with Gasteiger partial charge in [-0.1, -0.05) is 13.8 Å². The highest BCUT2D eigenvalue weighted by molar-refractivity contribution is 5.15. The van der Waals surface area contributed by atoms with E-state index in [1.54, 1.807) is 6.33 Å². The molecule has 0 radical (unpaired) electrons. The zero-order chi connectivity index (χ0) is 9.73. The summed E-state index contributed by atoms with van der Waals surface area (Å²) in [7, 11) is 1.97. The van der Waals surface area contributed by atoms with Crippen molar-refractivity contribution in [3.8, 4) is 0 Å². The van der Waals surface area contributed by atoms with E-state index in [1.165, 1.54) is 5.56 Å². The fourth-order valence-electron chi connectivity index (χ4n) is 1.23. The van der Waals surface area contributed by atoms with E-state index in [0.29, 0.717) is 0 Å². The molecule has 1 N–H and O–H groups in total. The molecule has 1 rings (SSSR count). The molecule has 0 atom stereocenters. The van der Waals surface area contributed by atoms with Gasteiger partial charge in [-0.15, -0.1) is 0 Å². The first-order chi connectivity index (χ1) is 6.17. The topological polar surface area (TPSA) is 37.8 Å². The Morgan fingerprint density at radius 1 is 1.31 bits per heavy atom. The summed E-state index contributed by atoms with van der Waals surface area (Å²) in [6.45, 7) is 5.44. The molecule has 0 amide bonds. The van der Waals surface area contributed by atoms with Crippen LogP contribution in [0.2, 0.25) is 0 Å². The third-order valence-electron chi connectivity index (χ3n) is 2.34. The van der Waals surface area contributed by atoms with Gasteiger partial charge in [-0.25, -0.2) is 9.97 Å². The maximum absolute atomic E-state index is 4.03. The first-order valence-electron chi connectivity index (χ1n) is 4.57. The number of rotatable bonds is 4. The van der Waals surface area contributed by atoms with Crippen LogP contribution in [-0.2, 0) is 5.41 Å². The molecule has 0 aromatic carbocycles. The van der Waals surface area contributed by atoms with E-state index in [2.05, 4.69) is 29.1 Å². The molecule has 13 heavy (non-hydrogen) atoms. The normalized spacial score (nSPS) is 11.6. The van der Waals surface area contributed by atoms with Crippen molar-refractivity contribution in [1.82, 2.24) is 15.3 Å². The van der Waals surface area contributed by atoms with E-state index in [4.69, 9.17) is 0 Å². The van der Waals surface area contributed by atoms with Gasteiger partial charge in [0.25, 0.3) is 0 Å². The first-order valence-corrected chi connectivity index (χ1v) is 4.57. The second kappa shape index (κ2) is 4.33. The van der Waals surface area contributed by atoms with Crippen molar-refractivity contribution in [3.05, 3.63) is 24.3 Å². The molecule has 0 spiro atoms. The van der Waals surface area contributed by atoms with Crippen molar-refractivity contribution in [2.75, 3.05) is 13.6 Å². The third-order valence-corrected chi connectivity index (χ3v) is 2.34. The summed E-state index contributed by atoms with van der Waals surface area (Å²) in [6, 6.07) is 0. The number of nitrogens with one attached hydrogen (secondary N) is 1. The van der Waals surface area contributed by atoms with Gasteiger partial charge >= 0.3 is 0 Å². The van der Waals surface area contributed by atoms with E-state index < -0.39 is 0 Å². The Labute approximate surface area is 79.6 Å². The highest BCUT2D eigenvalue weighted by Gasteiger charge is 2.19. The molecule has 0 aliphatic carbocycles. The van der Waals surface area contributed by atoms with Crippen molar-refractivity contribution in [2.24, 2.45) is 0 Å². The lowest BCUT2D eigenvalue weighted by Crippen LogP contribution is -2.23. The van der Waals surface area contributed by atoms with Crippen molar-refractivity contribution < 1.29 is 0 Å². The van der Waals surface area contributed by atoms with Gasteiger partial charge in [0, 0.05) is 12.4 Å². The maximum Gasteiger partial charge on any atom is 0.115 e. The largest absolute Gasteiger partial charge is 0.320 e. The first kappa shape index (κ1) is 10.1. The Hall–Kier alpha value is -0.960. The van der Waals surface area contributed by atoms with Crippen LogP contribution in [0, 0.1) is 0 Å². The van der Waals surface area contributed by atoms with Crippen LogP contribution in [0.5, 0.6) is 0 Å². The van der Waals surface area contributed by atoms with E-state index in [-0.39, 0.29) is 5.41 Å². The minimum absolute atomic E-state index is 0.157. The molecule has 3 heteroatoms. The summed E-state index contributed by atoms with van der Waals surface area (Å²) in [5.74, 6) is 0. The zero-order valence-electron chi connectivity index (χ0n) is 8.54. The van der Waals surface area contributed by atoms with Crippen LogP contribution in [0.1, 0.15) is 25.8 Å².